The topological polar surface area (TPSA) is 86.8 Å². The van der Waals surface area contributed by atoms with Crippen LogP contribution in [0, 0.1) is 11.8 Å². The Morgan fingerprint density at radius 3 is 1.15 bits per heavy atom. The van der Waals surface area contributed by atoms with Crippen LogP contribution in [-0.2, 0) is 32.3 Å². The number of likely N-dealkylation sites (N-methyl/N-ethyl adjacent to an activating group) is 1. The Morgan fingerprint density at radius 1 is 0.364 bits per heavy atom. The molecule has 10 heteroatoms. The standard InChI is InChI=1S/C78H146N2O7Si/c1-10-16-22-28-34-40-45-52-62-74(76(64-54-47-41-35-29-23-17-11-2)87-77(81)65-55-51-56-66-79(7)8)75(63-53-46-39-33-27-21-15-6)78(82)83-72-68-80(9)67-57-61-73-88(84-69-58-48-42-36-30-24-18-12-3,85-70-59-49-43-37-31-25-19-13-4)86-71-60-50-44-38-32-26-20-14-5/h34-44,46,74-76H,10-33,45,47-73H2,1-9H3/b40-34?,41-35-,42-36-,43-37-,44-38-,46-39-. The molecule has 3 atom stereocenters. The lowest BCUT2D eigenvalue weighted by molar-refractivity contribution is -0.162. The summed E-state index contributed by atoms with van der Waals surface area (Å²) in [6.07, 6.45) is 74.7. The van der Waals surface area contributed by atoms with Crippen molar-refractivity contribution < 1.29 is 32.3 Å². The fourth-order valence-corrected chi connectivity index (χ4v) is 13.9. The Labute approximate surface area is 548 Å². The summed E-state index contributed by atoms with van der Waals surface area (Å²) in [6, 6.07) is 0.796. The fraction of sp³-hybridized carbons (Fsp3) is 0.821. The van der Waals surface area contributed by atoms with Gasteiger partial charge in [0.05, 0.1) is 5.92 Å². The van der Waals surface area contributed by atoms with Gasteiger partial charge >= 0.3 is 20.7 Å². The van der Waals surface area contributed by atoms with E-state index in [0.717, 1.165) is 173 Å². The molecule has 514 valence electrons. The van der Waals surface area contributed by atoms with Gasteiger partial charge in [0.1, 0.15) is 12.7 Å². The van der Waals surface area contributed by atoms with Crippen LogP contribution in [0.1, 0.15) is 324 Å². The fourth-order valence-electron chi connectivity index (χ4n) is 11.2. The molecule has 0 bridgehead atoms. The SMILES string of the molecule is CCCCCC=CCCCC(C(CCC/C=C\CCCCC)OC(=O)CCCCCN(C)C)C(CC/C=C\CCCCC)C(=O)OCCN(C)CCCC[Si](OCCC/C=C\CCCCC)(OCCC/C=C\CCCCC)OCCC/C=C\CCCCC. The third kappa shape index (κ3) is 56.2. The van der Waals surface area contributed by atoms with E-state index in [4.69, 9.17) is 22.8 Å². The second kappa shape index (κ2) is 67.3. The van der Waals surface area contributed by atoms with E-state index in [2.05, 4.69) is 145 Å². The number of carbonyl (C=O) groups is 2. The lowest BCUT2D eigenvalue weighted by Crippen LogP contribution is -2.46. The highest BCUT2D eigenvalue weighted by Crippen LogP contribution is 2.33. The van der Waals surface area contributed by atoms with Crippen molar-refractivity contribution in [2.75, 3.05) is 67.2 Å². The Balaban J connectivity index is 6.60. The number of unbranched alkanes of at least 4 members (excludes halogenated alkanes) is 26. The summed E-state index contributed by atoms with van der Waals surface area (Å²) in [7, 11) is 3.36. The predicted octanol–water partition coefficient (Wildman–Crippen LogP) is 22.8. The second-order valence-corrected chi connectivity index (χ2v) is 28.5. The van der Waals surface area contributed by atoms with Crippen LogP contribution in [0.4, 0.5) is 0 Å². The molecule has 0 saturated heterocycles. The van der Waals surface area contributed by atoms with Gasteiger partial charge in [-0.25, -0.2) is 0 Å². The zero-order valence-electron chi connectivity index (χ0n) is 59.7. The van der Waals surface area contributed by atoms with E-state index in [-0.39, 0.29) is 29.9 Å². The largest absolute Gasteiger partial charge is 0.500 e. The predicted molar refractivity (Wildman–Crippen MR) is 384 cm³/mol. The van der Waals surface area contributed by atoms with Gasteiger partial charge in [-0.15, -0.1) is 0 Å². The van der Waals surface area contributed by atoms with Crippen LogP contribution in [0.25, 0.3) is 0 Å². The van der Waals surface area contributed by atoms with Crippen LogP contribution in [0.15, 0.2) is 72.9 Å². The lowest BCUT2D eigenvalue weighted by atomic mass is 9.79. The lowest BCUT2D eigenvalue weighted by Gasteiger charge is -2.33. The number of hydrogen-bond donors (Lipinski definition) is 0. The van der Waals surface area contributed by atoms with Crippen LogP contribution in [-0.4, -0.2) is 104 Å². The van der Waals surface area contributed by atoms with Gasteiger partial charge in [-0.05, 0) is 227 Å². The molecule has 0 amide bonds. The number of rotatable bonds is 68. The smallest absolute Gasteiger partial charge is 0.464 e. The molecular weight excluding hydrogens is 1100 g/mol. The minimum Gasteiger partial charge on any atom is -0.464 e. The number of nitrogens with zero attached hydrogens (tertiary/aromatic N) is 2. The molecule has 0 rings (SSSR count). The van der Waals surface area contributed by atoms with Crippen molar-refractivity contribution in [1.82, 2.24) is 9.80 Å². The molecule has 88 heavy (non-hydrogen) atoms. The van der Waals surface area contributed by atoms with Crippen molar-refractivity contribution in [3.63, 3.8) is 0 Å². The first kappa shape index (κ1) is 85.4. The van der Waals surface area contributed by atoms with E-state index >= 15 is 0 Å². The molecule has 0 aliphatic carbocycles. The second-order valence-electron chi connectivity index (χ2n) is 25.7. The summed E-state index contributed by atoms with van der Waals surface area (Å²) in [5.41, 5.74) is 0. The molecule has 0 N–H and O–H groups in total. The maximum atomic E-state index is 14.9. The van der Waals surface area contributed by atoms with E-state index in [1.807, 2.05) is 0 Å². The molecule has 0 aliphatic rings. The third-order valence-electron chi connectivity index (χ3n) is 16.8. The molecule has 0 aromatic rings. The van der Waals surface area contributed by atoms with Crippen molar-refractivity contribution in [3.05, 3.63) is 72.9 Å². The van der Waals surface area contributed by atoms with E-state index in [1.54, 1.807) is 0 Å². The van der Waals surface area contributed by atoms with Gasteiger partial charge in [-0.2, -0.15) is 0 Å². The molecule has 0 fully saturated rings. The Morgan fingerprint density at radius 2 is 0.739 bits per heavy atom. The molecule has 0 spiro atoms. The van der Waals surface area contributed by atoms with Gasteiger partial charge in [0, 0.05) is 44.7 Å². The van der Waals surface area contributed by atoms with E-state index < -0.39 is 8.80 Å². The zero-order chi connectivity index (χ0) is 64.3. The van der Waals surface area contributed by atoms with Crippen molar-refractivity contribution >= 4 is 20.7 Å². The minimum atomic E-state index is -2.99. The Bertz CT molecular complexity index is 1610. The van der Waals surface area contributed by atoms with Gasteiger partial charge in [-0.3, -0.25) is 9.59 Å². The molecule has 0 heterocycles. The molecule has 0 aliphatic heterocycles. The third-order valence-corrected chi connectivity index (χ3v) is 19.7. The minimum absolute atomic E-state index is 0.122. The van der Waals surface area contributed by atoms with Crippen LogP contribution in [0.2, 0.25) is 6.04 Å². The van der Waals surface area contributed by atoms with E-state index in [0.29, 0.717) is 45.8 Å². The maximum Gasteiger partial charge on any atom is 0.500 e. The Hall–Kier alpha value is -2.60. The summed E-state index contributed by atoms with van der Waals surface area (Å²) < 4.78 is 33.8. The average molecular weight is 1250 g/mol. The number of esters is 2. The van der Waals surface area contributed by atoms with Crippen molar-refractivity contribution in [2.45, 2.75) is 336 Å². The number of allylic oxidation sites excluding steroid dienone is 12. The summed E-state index contributed by atoms with van der Waals surface area (Å²) >= 11 is 0. The molecule has 0 radical (unpaired) electrons. The number of hydrogen-bond acceptors (Lipinski definition) is 9. The molecule has 9 nitrogen and oxygen atoms in total. The van der Waals surface area contributed by atoms with Gasteiger partial charge in [0.2, 0.25) is 0 Å². The highest BCUT2D eigenvalue weighted by Gasteiger charge is 2.41. The van der Waals surface area contributed by atoms with Crippen LogP contribution in [0.5, 0.6) is 0 Å². The normalized spacial score (nSPS) is 13.6. The van der Waals surface area contributed by atoms with Crippen molar-refractivity contribution in [3.8, 4) is 0 Å². The van der Waals surface area contributed by atoms with Crippen LogP contribution in [0.3, 0.4) is 0 Å². The van der Waals surface area contributed by atoms with E-state index in [9.17, 15) is 9.59 Å². The zero-order valence-corrected chi connectivity index (χ0v) is 60.7. The Kier molecular flexibility index (Phi) is 65.3. The average Bonchev–Trinajstić information content (AvgIpc) is 3.57. The first-order chi connectivity index (χ1) is 43.1. The van der Waals surface area contributed by atoms with Gasteiger partial charge in [-0.1, -0.05) is 198 Å². The van der Waals surface area contributed by atoms with Crippen molar-refractivity contribution in [1.29, 1.82) is 0 Å². The van der Waals surface area contributed by atoms with Crippen LogP contribution >= 0.6 is 0 Å². The summed E-state index contributed by atoms with van der Waals surface area (Å²) in [5.74, 6) is -0.755. The molecule has 3 unspecified atom stereocenters. The highest BCUT2D eigenvalue weighted by molar-refractivity contribution is 6.60. The number of ether oxygens (including phenoxy) is 2. The summed E-state index contributed by atoms with van der Waals surface area (Å²) in [5, 5.41) is 0. The molecule has 0 saturated carbocycles. The maximum absolute atomic E-state index is 14.9. The number of carbonyl (C=O) groups excluding carboxylic acids is 2. The van der Waals surface area contributed by atoms with Gasteiger partial charge in [0.25, 0.3) is 0 Å². The highest BCUT2D eigenvalue weighted by atomic mass is 28.4. The summed E-state index contributed by atoms with van der Waals surface area (Å²) in [4.78, 5) is 33.3. The molecular formula is C78H146N2O7Si. The van der Waals surface area contributed by atoms with E-state index in [1.165, 1.54) is 116 Å². The first-order valence-corrected chi connectivity index (χ1v) is 39.6. The molecule has 0 aromatic heterocycles. The quantitative estimate of drug-likeness (QED) is 0.0256. The van der Waals surface area contributed by atoms with Crippen molar-refractivity contribution in [2.24, 2.45) is 11.8 Å². The van der Waals surface area contributed by atoms with Gasteiger partial charge < -0.3 is 32.6 Å². The van der Waals surface area contributed by atoms with Crippen LogP contribution < -0.4 is 0 Å². The summed E-state index contributed by atoms with van der Waals surface area (Å²) in [6.45, 7) is 18.4. The first-order valence-electron chi connectivity index (χ1n) is 37.6. The van der Waals surface area contributed by atoms with Gasteiger partial charge in [0.15, 0.2) is 0 Å². The molecule has 0 aromatic carbocycles. The monoisotopic (exact) mass is 1250 g/mol.